The average Bonchev–Trinajstić information content (AvgIpc) is 2.84. The fourth-order valence-corrected chi connectivity index (χ4v) is 1.34. The first-order valence-corrected chi connectivity index (χ1v) is 5.81. The lowest BCUT2D eigenvalue weighted by Gasteiger charge is -2.09. The normalized spacial score (nSPS) is 9.58. The average molecular weight is 286 g/mol. The third-order valence-corrected chi connectivity index (χ3v) is 2.23. The quantitative estimate of drug-likeness (QED) is 0.515. The molecule has 0 saturated heterocycles. The number of esters is 2. The molecule has 0 radical (unpaired) electrons. The maximum atomic E-state index is 11.4. The minimum Gasteiger partial charge on any atom is -0.465 e. The highest BCUT2D eigenvalue weighted by Crippen LogP contribution is 2.11. The maximum Gasteiger partial charge on any atom is 0.343 e. The lowest BCUT2D eigenvalue weighted by atomic mass is 10.3. The van der Waals surface area contributed by atoms with E-state index < -0.39 is 11.9 Å². The Labute approximate surface area is 114 Å². The van der Waals surface area contributed by atoms with Crippen LogP contribution in [0, 0.1) is 0 Å². The highest BCUT2D eigenvalue weighted by molar-refractivity contribution is 7.80. The second kappa shape index (κ2) is 7.31. The number of aromatic amines is 1. The van der Waals surface area contributed by atoms with Crippen LogP contribution < -0.4 is 10.6 Å². The molecule has 0 aromatic carbocycles. The van der Waals surface area contributed by atoms with Gasteiger partial charge in [-0.15, -0.1) is 0 Å². The number of rotatable bonds is 5. The molecule has 0 atom stereocenters. The second-order valence-electron chi connectivity index (χ2n) is 3.26. The third-order valence-electron chi connectivity index (χ3n) is 1.98. The molecule has 0 saturated carbocycles. The molecule has 1 rings (SSSR count). The van der Waals surface area contributed by atoms with E-state index in [1.54, 1.807) is 6.92 Å². The lowest BCUT2D eigenvalue weighted by Crippen LogP contribution is -2.34. The van der Waals surface area contributed by atoms with Crippen LogP contribution in [0.5, 0.6) is 0 Å². The third kappa shape index (κ3) is 4.54. The molecule has 0 bridgehead atoms. The molecule has 0 unspecified atom stereocenters. The summed E-state index contributed by atoms with van der Waals surface area (Å²) in [6, 6.07) is 0. The Kier molecular flexibility index (Phi) is 5.73. The number of nitrogens with zero attached hydrogens (tertiary/aromatic N) is 1. The Morgan fingerprint density at radius 2 is 2.26 bits per heavy atom. The number of hydrogen-bond donors (Lipinski definition) is 3. The Morgan fingerprint density at radius 1 is 1.53 bits per heavy atom. The van der Waals surface area contributed by atoms with Gasteiger partial charge in [-0.3, -0.25) is 9.89 Å². The fourth-order valence-electron chi connectivity index (χ4n) is 1.17. The van der Waals surface area contributed by atoms with Gasteiger partial charge in [0.2, 0.25) is 0 Å². The van der Waals surface area contributed by atoms with Gasteiger partial charge in [0.25, 0.3) is 0 Å². The zero-order chi connectivity index (χ0) is 14.3. The summed E-state index contributed by atoms with van der Waals surface area (Å²) in [5, 5.41) is 11.7. The first-order valence-electron chi connectivity index (χ1n) is 5.40. The highest BCUT2D eigenvalue weighted by Gasteiger charge is 2.15. The van der Waals surface area contributed by atoms with Crippen molar-refractivity contribution in [1.82, 2.24) is 15.5 Å². The largest absolute Gasteiger partial charge is 0.465 e. The van der Waals surface area contributed by atoms with Gasteiger partial charge in [0.1, 0.15) is 17.9 Å². The molecule has 0 aliphatic carbocycles. The summed E-state index contributed by atoms with van der Waals surface area (Å²) in [5.74, 6) is -0.692. The van der Waals surface area contributed by atoms with Gasteiger partial charge in [0, 0.05) is 0 Å². The van der Waals surface area contributed by atoms with Crippen molar-refractivity contribution in [1.29, 1.82) is 0 Å². The number of aromatic nitrogens is 2. The van der Waals surface area contributed by atoms with Crippen molar-refractivity contribution in [2.45, 2.75) is 6.92 Å². The molecule has 1 aromatic rings. The molecule has 0 aliphatic heterocycles. The molecule has 0 aliphatic rings. The number of methoxy groups -OCH3 is 1. The summed E-state index contributed by atoms with van der Waals surface area (Å²) in [5.41, 5.74) is 0.211. The van der Waals surface area contributed by atoms with E-state index in [4.69, 9.17) is 17.0 Å². The van der Waals surface area contributed by atoms with E-state index in [1.165, 1.54) is 13.3 Å². The number of carbonyl (C=O) groups is 2. The van der Waals surface area contributed by atoms with Crippen LogP contribution in [-0.2, 0) is 14.3 Å². The zero-order valence-corrected chi connectivity index (χ0v) is 11.3. The number of ether oxygens (including phenoxy) is 2. The number of thiocarbonyl (C=S) groups is 1. The van der Waals surface area contributed by atoms with Gasteiger partial charge < -0.3 is 20.1 Å². The molecular formula is C10H14N4O4S. The minimum atomic E-state index is -0.551. The van der Waals surface area contributed by atoms with Crippen LogP contribution in [-0.4, -0.2) is 47.5 Å². The van der Waals surface area contributed by atoms with Crippen molar-refractivity contribution in [3.63, 3.8) is 0 Å². The van der Waals surface area contributed by atoms with E-state index in [-0.39, 0.29) is 23.0 Å². The maximum absolute atomic E-state index is 11.4. The molecule has 8 nitrogen and oxygen atoms in total. The Hall–Kier alpha value is -2.16. The first-order chi connectivity index (χ1) is 9.08. The molecule has 9 heteroatoms. The summed E-state index contributed by atoms with van der Waals surface area (Å²) in [6.07, 6.45) is 1.31. The van der Waals surface area contributed by atoms with Crippen LogP contribution in [0.4, 0.5) is 5.82 Å². The molecular weight excluding hydrogens is 272 g/mol. The number of carbonyl (C=O) groups excluding carboxylic acids is 2. The molecule has 104 valence electrons. The van der Waals surface area contributed by atoms with Gasteiger partial charge in [-0.2, -0.15) is 5.10 Å². The van der Waals surface area contributed by atoms with Crippen LogP contribution in [0.2, 0.25) is 0 Å². The van der Waals surface area contributed by atoms with Gasteiger partial charge in [-0.25, -0.2) is 4.79 Å². The van der Waals surface area contributed by atoms with Crippen LogP contribution >= 0.6 is 12.2 Å². The van der Waals surface area contributed by atoms with E-state index >= 15 is 0 Å². The number of hydrogen-bond acceptors (Lipinski definition) is 6. The molecule has 0 amide bonds. The Morgan fingerprint density at radius 3 is 2.89 bits per heavy atom. The number of H-pyrrole nitrogens is 1. The predicted octanol–water partition coefficient (Wildman–Crippen LogP) is 0.0458. The fraction of sp³-hybridized carbons (Fsp3) is 0.400. The van der Waals surface area contributed by atoms with Crippen molar-refractivity contribution in [3.05, 3.63) is 11.8 Å². The Balaban J connectivity index is 2.51. The summed E-state index contributed by atoms with van der Waals surface area (Å²) < 4.78 is 9.29. The minimum absolute atomic E-state index is 0.0681. The molecule has 19 heavy (non-hydrogen) atoms. The van der Waals surface area contributed by atoms with E-state index in [1.807, 2.05) is 0 Å². The lowest BCUT2D eigenvalue weighted by molar-refractivity contribution is -0.141. The van der Waals surface area contributed by atoms with Crippen molar-refractivity contribution >= 4 is 35.1 Å². The smallest absolute Gasteiger partial charge is 0.343 e. The molecule has 0 spiro atoms. The van der Waals surface area contributed by atoms with Crippen LogP contribution in [0.1, 0.15) is 17.3 Å². The second-order valence-corrected chi connectivity index (χ2v) is 3.67. The first kappa shape index (κ1) is 14.9. The van der Waals surface area contributed by atoms with Crippen molar-refractivity contribution in [2.24, 2.45) is 0 Å². The Bertz CT molecular complexity index is 474. The molecule has 3 N–H and O–H groups in total. The van der Waals surface area contributed by atoms with E-state index in [9.17, 15) is 9.59 Å². The molecule has 1 aromatic heterocycles. The van der Waals surface area contributed by atoms with Crippen LogP contribution in [0.25, 0.3) is 0 Å². The summed E-state index contributed by atoms with van der Waals surface area (Å²) >= 11 is 4.96. The van der Waals surface area contributed by atoms with Gasteiger partial charge in [-0.1, -0.05) is 0 Å². The van der Waals surface area contributed by atoms with Gasteiger partial charge in [-0.05, 0) is 19.1 Å². The standard InChI is InChI=1S/C10H14N4O4S/c1-3-18-7(15)5-11-10(19)13-8-6(4-12-14-8)9(16)17-2/h4H,3,5H2,1-2H3,(H3,11,12,13,14,19). The van der Waals surface area contributed by atoms with E-state index in [0.717, 1.165) is 0 Å². The van der Waals surface area contributed by atoms with Gasteiger partial charge >= 0.3 is 11.9 Å². The van der Waals surface area contributed by atoms with Crippen molar-refractivity contribution < 1.29 is 19.1 Å². The molecule has 0 fully saturated rings. The zero-order valence-electron chi connectivity index (χ0n) is 10.5. The monoisotopic (exact) mass is 286 g/mol. The number of anilines is 1. The number of nitrogens with one attached hydrogen (secondary N) is 3. The van der Waals surface area contributed by atoms with Gasteiger partial charge in [0.05, 0.1) is 19.9 Å². The summed E-state index contributed by atoms with van der Waals surface area (Å²) in [4.78, 5) is 22.5. The summed E-state index contributed by atoms with van der Waals surface area (Å²) in [7, 11) is 1.26. The van der Waals surface area contributed by atoms with Crippen LogP contribution in [0.15, 0.2) is 6.20 Å². The van der Waals surface area contributed by atoms with Gasteiger partial charge in [0.15, 0.2) is 5.11 Å². The molecule has 1 heterocycles. The van der Waals surface area contributed by atoms with E-state index in [2.05, 4.69) is 25.6 Å². The predicted molar refractivity (Wildman–Crippen MR) is 70.8 cm³/mol. The SMILES string of the molecule is CCOC(=O)CNC(=S)Nc1[nH]ncc1C(=O)OC. The van der Waals surface area contributed by atoms with Crippen molar-refractivity contribution in [2.75, 3.05) is 25.6 Å². The van der Waals surface area contributed by atoms with Crippen molar-refractivity contribution in [3.8, 4) is 0 Å². The summed E-state index contributed by atoms with van der Waals surface area (Å²) in [6.45, 7) is 1.94. The highest BCUT2D eigenvalue weighted by atomic mass is 32.1. The van der Waals surface area contributed by atoms with E-state index in [0.29, 0.717) is 6.61 Å². The topological polar surface area (TPSA) is 105 Å². The van der Waals surface area contributed by atoms with Crippen LogP contribution in [0.3, 0.4) is 0 Å².